The first-order valence-electron chi connectivity index (χ1n) is 6.50. The molecule has 1 rings (SSSR count). The number of rotatable bonds is 6. The first-order chi connectivity index (χ1) is 8.80. The van der Waals surface area contributed by atoms with Crippen molar-refractivity contribution < 1.29 is 18.1 Å². The summed E-state index contributed by atoms with van der Waals surface area (Å²) in [4.78, 5) is 0. The van der Waals surface area contributed by atoms with Gasteiger partial charge in [0.05, 0.1) is 13.2 Å². The van der Waals surface area contributed by atoms with Crippen molar-refractivity contribution in [2.75, 3.05) is 13.2 Å². The van der Waals surface area contributed by atoms with Gasteiger partial charge in [0.1, 0.15) is 5.75 Å². The maximum Gasteiger partial charge on any atom is 0.530 e. The Morgan fingerprint density at radius 1 is 1.11 bits per heavy atom. The van der Waals surface area contributed by atoms with Crippen LogP contribution in [0.25, 0.3) is 0 Å². The second-order valence-corrected chi connectivity index (χ2v) is 6.75. The van der Waals surface area contributed by atoms with Crippen LogP contribution in [0.5, 0.6) is 5.75 Å². The summed E-state index contributed by atoms with van der Waals surface area (Å²) in [7, 11) is -3.51. The van der Waals surface area contributed by atoms with Crippen LogP contribution >= 0.6 is 7.82 Å². The number of hydrogen-bond acceptors (Lipinski definition) is 4. The van der Waals surface area contributed by atoms with Gasteiger partial charge in [0, 0.05) is 0 Å². The molecule has 0 aromatic heterocycles. The Morgan fingerprint density at radius 3 is 2.16 bits per heavy atom. The van der Waals surface area contributed by atoms with Crippen LogP contribution in [0.4, 0.5) is 0 Å². The van der Waals surface area contributed by atoms with Crippen molar-refractivity contribution >= 4 is 7.82 Å². The topological polar surface area (TPSA) is 44.8 Å². The average Bonchev–Trinajstić information content (AvgIpc) is 2.28. The molecule has 1 aromatic rings. The largest absolute Gasteiger partial charge is 0.530 e. The normalized spacial score (nSPS) is 12.5. The molecule has 0 saturated heterocycles. The number of phosphoric ester groups is 1. The molecule has 0 bridgehead atoms. The van der Waals surface area contributed by atoms with E-state index < -0.39 is 7.82 Å². The molecule has 0 spiro atoms. The molecule has 19 heavy (non-hydrogen) atoms. The molecule has 0 radical (unpaired) electrons. The molecule has 0 atom stereocenters. The highest BCUT2D eigenvalue weighted by Gasteiger charge is 2.27. The molecule has 0 aliphatic rings. The third-order valence-corrected chi connectivity index (χ3v) is 4.07. The zero-order valence-electron chi connectivity index (χ0n) is 12.3. The van der Waals surface area contributed by atoms with E-state index in [1.807, 2.05) is 18.2 Å². The summed E-state index contributed by atoms with van der Waals surface area (Å²) in [5.41, 5.74) is 1.10. The Morgan fingerprint density at radius 2 is 1.68 bits per heavy atom. The average molecular weight is 286 g/mol. The fourth-order valence-corrected chi connectivity index (χ4v) is 2.74. The van der Waals surface area contributed by atoms with E-state index in [0.717, 1.165) is 5.56 Å². The van der Waals surface area contributed by atoms with Gasteiger partial charge in [-0.1, -0.05) is 32.9 Å². The minimum absolute atomic E-state index is 0.000581. The summed E-state index contributed by atoms with van der Waals surface area (Å²) in [5, 5.41) is 0. The molecule has 0 unspecified atom stereocenters. The summed E-state index contributed by atoms with van der Waals surface area (Å²) < 4.78 is 27.9. The van der Waals surface area contributed by atoms with Crippen LogP contribution < -0.4 is 4.52 Å². The van der Waals surface area contributed by atoms with Crippen LogP contribution in [0, 0.1) is 0 Å². The molecule has 1 aromatic carbocycles. The van der Waals surface area contributed by atoms with Gasteiger partial charge in [-0.05, 0) is 37.0 Å². The molecule has 0 N–H and O–H groups in total. The minimum atomic E-state index is -3.51. The molecule has 5 heteroatoms. The lowest BCUT2D eigenvalue weighted by Gasteiger charge is -2.21. The first-order valence-corrected chi connectivity index (χ1v) is 7.96. The zero-order chi connectivity index (χ0) is 14.5. The fourth-order valence-electron chi connectivity index (χ4n) is 1.55. The van der Waals surface area contributed by atoms with Crippen molar-refractivity contribution in [2.24, 2.45) is 0 Å². The van der Waals surface area contributed by atoms with Gasteiger partial charge in [0.2, 0.25) is 0 Å². The molecule has 4 nitrogen and oxygen atoms in total. The molecule has 0 saturated carbocycles. The van der Waals surface area contributed by atoms with Gasteiger partial charge in [-0.3, -0.25) is 9.05 Å². The van der Waals surface area contributed by atoms with Crippen LogP contribution in [-0.4, -0.2) is 13.2 Å². The highest BCUT2D eigenvalue weighted by atomic mass is 31.2. The zero-order valence-corrected chi connectivity index (χ0v) is 13.2. The van der Waals surface area contributed by atoms with E-state index in [4.69, 9.17) is 13.6 Å². The lowest BCUT2D eigenvalue weighted by molar-refractivity contribution is 0.167. The molecule has 0 fully saturated rings. The first kappa shape index (κ1) is 16.2. The molecule has 108 valence electrons. The highest BCUT2D eigenvalue weighted by Crippen LogP contribution is 2.49. The van der Waals surface area contributed by atoms with E-state index in [0.29, 0.717) is 5.75 Å². The van der Waals surface area contributed by atoms with E-state index >= 15 is 0 Å². The number of phosphoric acid groups is 1. The van der Waals surface area contributed by atoms with E-state index in [9.17, 15) is 4.57 Å². The predicted octanol–water partition coefficient (Wildman–Crippen LogP) is 4.54. The predicted molar refractivity (Wildman–Crippen MR) is 76.6 cm³/mol. The standard InChI is InChI=1S/C14H23O4P/c1-6-16-19(15,17-7-2)18-13-10-8-9-12(11-13)14(3,4)5/h8-11H,6-7H2,1-5H3. The quantitative estimate of drug-likeness (QED) is 0.720. The van der Waals surface area contributed by atoms with Crippen molar-refractivity contribution in [3.63, 3.8) is 0 Å². The lowest BCUT2D eigenvalue weighted by atomic mass is 9.87. The van der Waals surface area contributed by atoms with E-state index in [1.54, 1.807) is 19.9 Å². The second-order valence-electron chi connectivity index (χ2n) is 5.15. The van der Waals surface area contributed by atoms with Crippen LogP contribution in [0.3, 0.4) is 0 Å². The van der Waals surface area contributed by atoms with Crippen molar-refractivity contribution in [3.05, 3.63) is 29.8 Å². The Bertz CT molecular complexity index is 441. The van der Waals surface area contributed by atoms with E-state index in [1.165, 1.54) is 0 Å². The summed E-state index contributed by atoms with van der Waals surface area (Å²) >= 11 is 0. The summed E-state index contributed by atoms with van der Waals surface area (Å²) in [6.07, 6.45) is 0. The highest BCUT2D eigenvalue weighted by molar-refractivity contribution is 7.48. The van der Waals surface area contributed by atoms with Gasteiger partial charge >= 0.3 is 7.82 Å². The Kier molecular flexibility index (Phi) is 5.60. The van der Waals surface area contributed by atoms with Crippen molar-refractivity contribution in [2.45, 2.75) is 40.0 Å². The summed E-state index contributed by atoms with van der Waals surface area (Å²) in [6.45, 7) is 10.4. The van der Waals surface area contributed by atoms with E-state index in [-0.39, 0.29) is 18.6 Å². The smallest absolute Gasteiger partial charge is 0.404 e. The molecule has 0 aliphatic carbocycles. The Labute approximate surface area is 115 Å². The monoisotopic (exact) mass is 286 g/mol. The molecule has 0 amide bonds. The fraction of sp³-hybridized carbons (Fsp3) is 0.571. The maximum atomic E-state index is 12.3. The van der Waals surface area contributed by atoms with E-state index in [2.05, 4.69) is 20.8 Å². The van der Waals surface area contributed by atoms with Gasteiger partial charge in [0.25, 0.3) is 0 Å². The van der Waals surface area contributed by atoms with Gasteiger partial charge in [-0.2, -0.15) is 0 Å². The SMILES string of the molecule is CCOP(=O)(OCC)Oc1cccc(C(C)(C)C)c1. The van der Waals surface area contributed by atoms with Crippen LogP contribution in [0.1, 0.15) is 40.2 Å². The summed E-state index contributed by atoms with van der Waals surface area (Å²) in [5.74, 6) is 0.498. The minimum Gasteiger partial charge on any atom is -0.404 e. The van der Waals surface area contributed by atoms with Crippen molar-refractivity contribution in [1.29, 1.82) is 0 Å². The molecular weight excluding hydrogens is 263 g/mol. The Hall–Kier alpha value is -0.830. The third kappa shape index (κ3) is 4.98. The number of benzene rings is 1. The second kappa shape index (κ2) is 6.56. The van der Waals surface area contributed by atoms with Crippen molar-refractivity contribution in [1.82, 2.24) is 0 Å². The van der Waals surface area contributed by atoms with Gasteiger partial charge < -0.3 is 4.52 Å². The van der Waals surface area contributed by atoms with Crippen LogP contribution in [0.2, 0.25) is 0 Å². The van der Waals surface area contributed by atoms with Gasteiger partial charge in [-0.15, -0.1) is 0 Å². The lowest BCUT2D eigenvalue weighted by Crippen LogP contribution is -2.11. The molecule has 0 aliphatic heterocycles. The maximum absolute atomic E-state index is 12.3. The van der Waals surface area contributed by atoms with Gasteiger partial charge in [-0.25, -0.2) is 4.57 Å². The van der Waals surface area contributed by atoms with Crippen LogP contribution in [0.15, 0.2) is 24.3 Å². The van der Waals surface area contributed by atoms with Gasteiger partial charge in [0.15, 0.2) is 0 Å². The molecule has 0 heterocycles. The summed E-state index contributed by atoms with van der Waals surface area (Å²) in [6, 6.07) is 7.50. The number of hydrogen-bond donors (Lipinski definition) is 0. The van der Waals surface area contributed by atoms with Crippen molar-refractivity contribution in [3.8, 4) is 5.75 Å². The molecular formula is C14H23O4P. The third-order valence-electron chi connectivity index (χ3n) is 2.49. The van der Waals surface area contributed by atoms with Crippen LogP contribution in [-0.2, 0) is 19.0 Å². The Balaban J connectivity index is 2.94.